The summed E-state index contributed by atoms with van der Waals surface area (Å²) in [6, 6.07) is 0. The molecule has 0 spiro atoms. The quantitative estimate of drug-likeness (QED) is 0.864. The second kappa shape index (κ2) is 7.10. The van der Waals surface area contributed by atoms with E-state index in [1.807, 2.05) is 4.90 Å². The van der Waals surface area contributed by atoms with Crippen LogP contribution in [0, 0.1) is 11.8 Å². The molecule has 1 saturated carbocycles. The van der Waals surface area contributed by atoms with E-state index in [0.717, 1.165) is 57.9 Å². The van der Waals surface area contributed by atoms with Crippen LogP contribution in [-0.2, 0) is 4.79 Å². The normalized spacial score (nSPS) is 31.7. The molecule has 1 aliphatic carbocycles. The van der Waals surface area contributed by atoms with Gasteiger partial charge in [0.2, 0.25) is 5.91 Å². The molecule has 2 rings (SSSR count). The summed E-state index contributed by atoms with van der Waals surface area (Å²) in [4.78, 5) is 17.3. The largest absolute Gasteiger partial charge is 0.339 e. The zero-order chi connectivity index (χ0) is 15.5. The molecular formula is C17H33N3O. The SMILES string of the molecule is CC(C)CCN1CCN(C(=O)C2(N)CCCC(C)C2)CC1. The summed E-state index contributed by atoms with van der Waals surface area (Å²) in [6.45, 7) is 11.6. The average Bonchev–Trinajstić information content (AvgIpc) is 2.44. The first kappa shape index (κ1) is 16.8. The molecule has 2 aliphatic rings. The van der Waals surface area contributed by atoms with Crippen LogP contribution in [0.15, 0.2) is 0 Å². The second-order valence-corrected chi connectivity index (χ2v) is 7.67. The Labute approximate surface area is 130 Å². The van der Waals surface area contributed by atoms with E-state index in [4.69, 9.17) is 5.73 Å². The summed E-state index contributed by atoms with van der Waals surface area (Å²) >= 11 is 0. The maximum Gasteiger partial charge on any atom is 0.242 e. The molecule has 0 aromatic heterocycles. The first-order valence-corrected chi connectivity index (χ1v) is 8.71. The number of carbonyl (C=O) groups excluding carboxylic acids is 1. The number of nitrogens with two attached hydrogens (primary N) is 1. The van der Waals surface area contributed by atoms with Crippen LogP contribution in [0.25, 0.3) is 0 Å². The predicted octanol–water partition coefficient (Wildman–Crippen LogP) is 2.08. The van der Waals surface area contributed by atoms with Gasteiger partial charge < -0.3 is 10.6 Å². The molecule has 4 nitrogen and oxygen atoms in total. The van der Waals surface area contributed by atoms with Gasteiger partial charge >= 0.3 is 0 Å². The smallest absolute Gasteiger partial charge is 0.242 e. The Morgan fingerprint density at radius 2 is 1.95 bits per heavy atom. The third-order valence-electron chi connectivity index (χ3n) is 5.14. The molecule has 4 heteroatoms. The lowest BCUT2D eigenvalue weighted by Gasteiger charge is -2.42. The van der Waals surface area contributed by atoms with Gasteiger partial charge in [0, 0.05) is 26.2 Å². The Bertz CT molecular complexity index is 350. The molecule has 21 heavy (non-hydrogen) atoms. The Kier molecular flexibility index (Phi) is 5.67. The number of hydrogen-bond acceptors (Lipinski definition) is 3. The van der Waals surface area contributed by atoms with Crippen molar-refractivity contribution in [1.82, 2.24) is 9.80 Å². The topological polar surface area (TPSA) is 49.6 Å². The van der Waals surface area contributed by atoms with E-state index in [1.165, 1.54) is 12.8 Å². The third kappa shape index (κ3) is 4.43. The molecule has 0 bridgehead atoms. The van der Waals surface area contributed by atoms with Crippen molar-refractivity contribution in [2.45, 2.75) is 58.4 Å². The Hall–Kier alpha value is -0.610. The lowest BCUT2D eigenvalue weighted by Crippen LogP contribution is -2.60. The number of hydrogen-bond donors (Lipinski definition) is 1. The second-order valence-electron chi connectivity index (χ2n) is 7.67. The molecule has 1 aliphatic heterocycles. The van der Waals surface area contributed by atoms with E-state index < -0.39 is 5.54 Å². The zero-order valence-electron chi connectivity index (χ0n) is 14.1. The molecule has 2 atom stereocenters. The van der Waals surface area contributed by atoms with Crippen LogP contribution in [0.3, 0.4) is 0 Å². The van der Waals surface area contributed by atoms with Crippen LogP contribution in [0.2, 0.25) is 0 Å². The molecular weight excluding hydrogens is 262 g/mol. The fourth-order valence-electron chi connectivity index (χ4n) is 3.72. The van der Waals surface area contributed by atoms with Crippen LogP contribution in [-0.4, -0.2) is 54.0 Å². The summed E-state index contributed by atoms with van der Waals surface area (Å²) in [6.07, 6.45) is 5.28. The molecule has 0 aromatic carbocycles. The third-order valence-corrected chi connectivity index (χ3v) is 5.14. The predicted molar refractivity (Wildman–Crippen MR) is 87.0 cm³/mol. The lowest BCUT2D eigenvalue weighted by atomic mass is 9.76. The van der Waals surface area contributed by atoms with Crippen molar-refractivity contribution in [2.75, 3.05) is 32.7 Å². The van der Waals surface area contributed by atoms with E-state index in [9.17, 15) is 4.79 Å². The average molecular weight is 295 g/mol. The molecule has 1 heterocycles. The van der Waals surface area contributed by atoms with E-state index >= 15 is 0 Å². The van der Waals surface area contributed by atoms with Crippen LogP contribution in [0.4, 0.5) is 0 Å². The van der Waals surface area contributed by atoms with Crippen LogP contribution < -0.4 is 5.73 Å². The number of carbonyl (C=O) groups is 1. The summed E-state index contributed by atoms with van der Waals surface area (Å²) in [5.74, 6) is 1.54. The fourth-order valence-corrected chi connectivity index (χ4v) is 3.72. The number of nitrogens with zero attached hydrogens (tertiary/aromatic N) is 2. The summed E-state index contributed by atoms with van der Waals surface area (Å²) < 4.78 is 0. The number of piperazine rings is 1. The van der Waals surface area contributed by atoms with Gasteiger partial charge in [-0.1, -0.05) is 33.6 Å². The van der Waals surface area contributed by atoms with Crippen molar-refractivity contribution in [1.29, 1.82) is 0 Å². The zero-order valence-corrected chi connectivity index (χ0v) is 14.1. The first-order valence-electron chi connectivity index (χ1n) is 8.71. The van der Waals surface area contributed by atoms with Crippen molar-refractivity contribution in [3.05, 3.63) is 0 Å². The van der Waals surface area contributed by atoms with Gasteiger partial charge in [-0.15, -0.1) is 0 Å². The highest BCUT2D eigenvalue weighted by Gasteiger charge is 2.41. The maximum absolute atomic E-state index is 12.8. The monoisotopic (exact) mass is 295 g/mol. The van der Waals surface area contributed by atoms with Crippen LogP contribution in [0.5, 0.6) is 0 Å². The molecule has 0 radical (unpaired) electrons. The number of amides is 1. The Balaban J connectivity index is 1.82. The van der Waals surface area contributed by atoms with E-state index in [-0.39, 0.29) is 5.91 Å². The minimum absolute atomic E-state index is 0.206. The van der Waals surface area contributed by atoms with E-state index in [0.29, 0.717) is 5.92 Å². The minimum atomic E-state index is -0.586. The van der Waals surface area contributed by atoms with Gasteiger partial charge in [0.15, 0.2) is 0 Å². The van der Waals surface area contributed by atoms with Crippen LogP contribution in [0.1, 0.15) is 52.9 Å². The summed E-state index contributed by atoms with van der Waals surface area (Å²) in [5.41, 5.74) is 5.87. The first-order chi connectivity index (χ1) is 9.90. The van der Waals surface area contributed by atoms with Gasteiger partial charge in [-0.3, -0.25) is 9.69 Å². The Morgan fingerprint density at radius 3 is 2.52 bits per heavy atom. The van der Waals surface area contributed by atoms with Crippen molar-refractivity contribution in [3.63, 3.8) is 0 Å². The van der Waals surface area contributed by atoms with Crippen LogP contribution >= 0.6 is 0 Å². The molecule has 2 unspecified atom stereocenters. The van der Waals surface area contributed by atoms with Gasteiger partial charge in [0.1, 0.15) is 0 Å². The highest BCUT2D eigenvalue weighted by Crippen LogP contribution is 2.32. The summed E-state index contributed by atoms with van der Waals surface area (Å²) in [7, 11) is 0. The van der Waals surface area contributed by atoms with Crippen molar-refractivity contribution in [2.24, 2.45) is 17.6 Å². The standard InChI is InChI=1S/C17H33N3O/c1-14(2)6-8-19-9-11-20(12-10-19)16(21)17(18)7-4-5-15(3)13-17/h14-15H,4-13,18H2,1-3H3. The van der Waals surface area contributed by atoms with Crippen molar-refractivity contribution < 1.29 is 4.79 Å². The molecule has 2 fully saturated rings. The van der Waals surface area contributed by atoms with E-state index in [2.05, 4.69) is 25.7 Å². The number of rotatable bonds is 4. The van der Waals surface area contributed by atoms with Gasteiger partial charge in [-0.05, 0) is 37.6 Å². The van der Waals surface area contributed by atoms with Gasteiger partial charge in [-0.2, -0.15) is 0 Å². The lowest BCUT2D eigenvalue weighted by molar-refractivity contribution is -0.140. The molecule has 1 amide bonds. The fraction of sp³-hybridized carbons (Fsp3) is 0.941. The molecule has 0 aromatic rings. The highest BCUT2D eigenvalue weighted by molar-refractivity contribution is 5.86. The van der Waals surface area contributed by atoms with E-state index in [1.54, 1.807) is 0 Å². The van der Waals surface area contributed by atoms with Gasteiger partial charge in [0.05, 0.1) is 5.54 Å². The molecule has 122 valence electrons. The Morgan fingerprint density at radius 1 is 1.29 bits per heavy atom. The van der Waals surface area contributed by atoms with Gasteiger partial charge in [-0.25, -0.2) is 0 Å². The maximum atomic E-state index is 12.8. The minimum Gasteiger partial charge on any atom is -0.339 e. The molecule has 2 N–H and O–H groups in total. The highest BCUT2D eigenvalue weighted by atomic mass is 16.2. The summed E-state index contributed by atoms with van der Waals surface area (Å²) in [5, 5.41) is 0. The van der Waals surface area contributed by atoms with Gasteiger partial charge in [0.25, 0.3) is 0 Å². The van der Waals surface area contributed by atoms with Crippen molar-refractivity contribution >= 4 is 5.91 Å². The van der Waals surface area contributed by atoms with Crippen molar-refractivity contribution in [3.8, 4) is 0 Å². The molecule has 1 saturated heterocycles.